The van der Waals surface area contributed by atoms with Gasteiger partial charge in [-0.2, -0.15) is 0 Å². The molecule has 0 radical (unpaired) electrons. The molecular formula is C12H19NO3. The first kappa shape index (κ1) is 10.4. The lowest BCUT2D eigenvalue weighted by molar-refractivity contribution is -0.788. The van der Waals surface area contributed by atoms with Crippen LogP contribution < -0.4 is 0 Å². The first-order valence-corrected chi connectivity index (χ1v) is 6.46. The quantitative estimate of drug-likeness (QED) is 0.548. The second-order valence-corrected chi connectivity index (χ2v) is 6.00. The van der Waals surface area contributed by atoms with Gasteiger partial charge in [0, 0.05) is 0 Å². The van der Waals surface area contributed by atoms with Crippen molar-refractivity contribution in [3.63, 3.8) is 0 Å². The Balaban J connectivity index is 1.91. The Kier molecular flexibility index (Phi) is 2.17. The fraction of sp³-hybridized carbons (Fsp3) is 1.00. The van der Waals surface area contributed by atoms with Gasteiger partial charge in [-0.3, -0.25) is 0 Å². The maximum atomic E-state index is 10.7. The molecular weight excluding hydrogens is 206 g/mol. The minimum absolute atomic E-state index is 0.410. The maximum absolute atomic E-state index is 10.7. The number of hydrogen-bond acceptors (Lipinski definition) is 3. The Labute approximate surface area is 95.5 Å². The van der Waals surface area contributed by atoms with Crippen molar-refractivity contribution in [3.05, 3.63) is 10.1 Å². The van der Waals surface area contributed by atoms with Crippen LogP contribution in [0.5, 0.6) is 0 Å². The minimum atomic E-state index is -0.546. The predicted molar refractivity (Wildman–Crippen MR) is 58.1 cm³/mol. The Morgan fingerprint density at radius 1 is 1.31 bits per heavy atom. The van der Waals surface area contributed by atoms with E-state index >= 15 is 0 Å². The lowest BCUT2D eigenvalue weighted by Crippen LogP contribution is -2.58. The molecule has 90 valence electrons. The summed E-state index contributed by atoms with van der Waals surface area (Å²) in [5.41, 5.74) is -0.410. The molecule has 0 saturated heterocycles. The van der Waals surface area contributed by atoms with Crippen LogP contribution in [0.2, 0.25) is 0 Å². The lowest BCUT2D eigenvalue weighted by atomic mass is 9.49. The molecule has 5 atom stereocenters. The molecule has 4 heteroatoms. The first-order chi connectivity index (χ1) is 7.63. The monoisotopic (exact) mass is 225 g/mol. The van der Waals surface area contributed by atoms with Gasteiger partial charge in [0.05, 0.1) is 0 Å². The zero-order valence-electron chi connectivity index (χ0n) is 9.72. The molecule has 4 bridgehead atoms. The molecule has 4 nitrogen and oxygen atoms in total. The van der Waals surface area contributed by atoms with Gasteiger partial charge >= 0.3 is 0 Å². The fourth-order valence-electron chi connectivity index (χ4n) is 5.07. The Morgan fingerprint density at radius 2 is 1.94 bits per heavy atom. The summed E-state index contributed by atoms with van der Waals surface area (Å²) < 4.78 is 0. The van der Waals surface area contributed by atoms with Gasteiger partial charge in [-0.15, -0.1) is 10.1 Å². The third kappa shape index (κ3) is 1.35. The van der Waals surface area contributed by atoms with Crippen LogP contribution in [0.15, 0.2) is 0 Å². The molecule has 0 aromatic heterocycles. The Morgan fingerprint density at radius 3 is 2.44 bits per heavy atom. The zero-order valence-corrected chi connectivity index (χ0v) is 9.72. The number of hydrogen-bond donors (Lipinski definition) is 0. The average Bonchev–Trinajstić information content (AvgIpc) is 2.13. The second kappa shape index (κ2) is 3.34. The van der Waals surface area contributed by atoms with Gasteiger partial charge < -0.3 is 4.84 Å². The summed E-state index contributed by atoms with van der Waals surface area (Å²) in [6.45, 7) is 2.15. The topological polar surface area (TPSA) is 52.4 Å². The lowest BCUT2D eigenvalue weighted by Gasteiger charge is -2.59. The highest BCUT2D eigenvalue weighted by molar-refractivity contribution is 5.07. The van der Waals surface area contributed by atoms with Crippen molar-refractivity contribution in [2.24, 2.45) is 23.7 Å². The van der Waals surface area contributed by atoms with Crippen LogP contribution in [0.4, 0.5) is 0 Å². The van der Waals surface area contributed by atoms with Gasteiger partial charge in [0.15, 0.2) is 0 Å². The van der Waals surface area contributed by atoms with E-state index < -0.39 is 10.7 Å². The van der Waals surface area contributed by atoms with Gasteiger partial charge in [-0.25, -0.2) is 0 Å². The highest BCUT2D eigenvalue weighted by Crippen LogP contribution is 2.60. The van der Waals surface area contributed by atoms with Gasteiger partial charge in [0.2, 0.25) is 0 Å². The van der Waals surface area contributed by atoms with Crippen LogP contribution in [-0.2, 0) is 4.84 Å². The van der Waals surface area contributed by atoms with E-state index in [0.29, 0.717) is 23.7 Å². The molecule has 3 unspecified atom stereocenters. The molecule has 0 aliphatic heterocycles. The zero-order chi connectivity index (χ0) is 11.3. The summed E-state index contributed by atoms with van der Waals surface area (Å²) in [7, 11) is 0. The van der Waals surface area contributed by atoms with E-state index in [4.69, 9.17) is 4.84 Å². The van der Waals surface area contributed by atoms with Crippen LogP contribution in [0, 0.1) is 33.8 Å². The normalized spacial score (nSPS) is 49.3. The van der Waals surface area contributed by atoms with E-state index in [0.717, 1.165) is 19.3 Å². The minimum Gasteiger partial charge on any atom is -0.307 e. The summed E-state index contributed by atoms with van der Waals surface area (Å²) in [5.74, 6) is 2.50. The van der Waals surface area contributed by atoms with Crippen molar-refractivity contribution in [2.75, 3.05) is 0 Å². The van der Waals surface area contributed by atoms with Crippen LogP contribution in [0.3, 0.4) is 0 Å². The number of rotatable bonds is 3. The van der Waals surface area contributed by atoms with Gasteiger partial charge in [0.25, 0.3) is 5.09 Å². The summed E-state index contributed by atoms with van der Waals surface area (Å²) in [5, 5.41) is 10.2. The molecule has 0 aromatic rings. The van der Waals surface area contributed by atoms with Crippen molar-refractivity contribution in [3.8, 4) is 0 Å². The van der Waals surface area contributed by atoms with E-state index in [1.54, 1.807) is 0 Å². The van der Waals surface area contributed by atoms with Crippen LogP contribution >= 0.6 is 0 Å². The molecule has 4 aliphatic carbocycles. The molecule has 4 fully saturated rings. The standard InChI is InChI=1S/C12H19NO3/c1-2-11-10-4-8-3-9(5-10)7-12(11,6-8)16-13(14)15/h8-11H,2-7H2,1H3/t8-,9+,10?,11?,12?. The van der Waals surface area contributed by atoms with E-state index in [1.807, 2.05) is 0 Å². The van der Waals surface area contributed by atoms with Crippen LogP contribution in [0.25, 0.3) is 0 Å². The third-order valence-corrected chi connectivity index (χ3v) is 5.15. The Hall–Kier alpha value is -0.800. The maximum Gasteiger partial charge on any atom is 0.295 e. The van der Waals surface area contributed by atoms with E-state index in [9.17, 15) is 10.1 Å². The van der Waals surface area contributed by atoms with Crippen LogP contribution in [0.1, 0.15) is 45.4 Å². The highest BCUT2D eigenvalue weighted by atomic mass is 17.0. The largest absolute Gasteiger partial charge is 0.307 e. The van der Waals surface area contributed by atoms with E-state index in [2.05, 4.69) is 6.92 Å². The smallest absolute Gasteiger partial charge is 0.295 e. The van der Waals surface area contributed by atoms with Crippen molar-refractivity contribution in [1.29, 1.82) is 0 Å². The molecule has 16 heavy (non-hydrogen) atoms. The number of nitrogens with zero attached hydrogens (tertiary/aromatic N) is 1. The van der Waals surface area contributed by atoms with Crippen molar-refractivity contribution < 1.29 is 9.92 Å². The molecule has 0 amide bonds. The van der Waals surface area contributed by atoms with Crippen molar-refractivity contribution >= 4 is 0 Å². The molecule has 4 aliphatic rings. The third-order valence-electron chi connectivity index (χ3n) is 5.15. The van der Waals surface area contributed by atoms with Gasteiger partial charge in [-0.1, -0.05) is 13.3 Å². The highest BCUT2D eigenvalue weighted by Gasteiger charge is 2.58. The Bertz CT molecular complexity index is 303. The molecule has 0 heterocycles. The SMILES string of the molecule is CCC1C2C[C@@H]3C[C@H](C2)CC1(O[N+](=O)[O-])C3. The molecule has 0 spiro atoms. The summed E-state index contributed by atoms with van der Waals surface area (Å²) in [6, 6.07) is 0. The fourth-order valence-corrected chi connectivity index (χ4v) is 5.07. The average molecular weight is 225 g/mol. The van der Waals surface area contributed by atoms with Crippen LogP contribution in [-0.4, -0.2) is 10.7 Å². The van der Waals surface area contributed by atoms with Crippen molar-refractivity contribution in [1.82, 2.24) is 0 Å². The summed E-state index contributed by atoms with van der Waals surface area (Å²) >= 11 is 0. The summed E-state index contributed by atoms with van der Waals surface area (Å²) in [4.78, 5) is 15.9. The molecule has 0 N–H and O–H groups in total. The molecule has 0 aromatic carbocycles. The van der Waals surface area contributed by atoms with Gasteiger partial charge in [-0.05, 0) is 55.8 Å². The second-order valence-electron chi connectivity index (χ2n) is 6.00. The van der Waals surface area contributed by atoms with Crippen molar-refractivity contribution in [2.45, 2.75) is 51.0 Å². The van der Waals surface area contributed by atoms with Gasteiger partial charge in [0.1, 0.15) is 5.60 Å². The predicted octanol–water partition coefficient (Wildman–Crippen LogP) is 2.80. The first-order valence-electron chi connectivity index (χ1n) is 6.46. The van der Waals surface area contributed by atoms with E-state index in [-0.39, 0.29) is 0 Å². The van der Waals surface area contributed by atoms with E-state index in [1.165, 1.54) is 19.3 Å². The molecule has 4 rings (SSSR count). The molecule has 4 saturated carbocycles. The summed E-state index contributed by atoms with van der Waals surface area (Å²) in [6.07, 6.45) is 6.75.